The van der Waals surface area contributed by atoms with Gasteiger partial charge in [0.25, 0.3) is 0 Å². The van der Waals surface area contributed by atoms with E-state index in [2.05, 4.69) is 20.8 Å². The summed E-state index contributed by atoms with van der Waals surface area (Å²) in [5.74, 6) is 0. The van der Waals surface area contributed by atoms with Crippen molar-refractivity contribution in [3.05, 3.63) is 0 Å². The molecule has 0 amide bonds. The Kier molecular flexibility index (Phi) is 1.63. The third kappa shape index (κ3) is 4.00. The second kappa shape index (κ2) is 1.63. The van der Waals surface area contributed by atoms with Crippen molar-refractivity contribution in [2.75, 3.05) is 0 Å². The molecule has 34 valence electrons. The average Bonchev–Trinajstić information content (AvgIpc) is 1.35. The summed E-state index contributed by atoms with van der Waals surface area (Å²) in [6.07, 6.45) is 0. The van der Waals surface area contributed by atoms with Crippen LogP contribution >= 0.6 is 0 Å². The maximum absolute atomic E-state index is 5.33. The molecule has 0 rings (SSSR count). The third-order valence-electron chi connectivity index (χ3n) is 0.433. The molecule has 0 atom stereocenters. The van der Waals surface area contributed by atoms with Gasteiger partial charge in [-0.15, -0.1) is 0 Å². The zero-order valence-corrected chi connectivity index (χ0v) is 5.58. The smallest absolute Gasteiger partial charge is 0.000237 e. The summed E-state index contributed by atoms with van der Waals surface area (Å²) in [6.45, 7) is 6.39. The minimum Gasteiger partial charge on any atom is -0.157 e. The summed E-state index contributed by atoms with van der Waals surface area (Å²) < 4.78 is 0. The highest BCUT2D eigenvalue weighted by Gasteiger charge is 2.00. The fourth-order valence-electron chi connectivity index (χ4n) is 0. The van der Waals surface area contributed by atoms with Crippen molar-refractivity contribution >= 4 is 8.96 Å². The molecule has 0 aromatic carbocycles. The van der Waals surface area contributed by atoms with Gasteiger partial charge in [0.2, 0.25) is 0 Å². The van der Waals surface area contributed by atoms with Crippen LogP contribution in [0.2, 0.25) is 5.04 Å². The maximum atomic E-state index is 5.33. The van der Waals surface area contributed by atoms with E-state index in [0.29, 0.717) is 14.0 Å². The van der Waals surface area contributed by atoms with Crippen molar-refractivity contribution < 1.29 is 0 Å². The van der Waals surface area contributed by atoms with Gasteiger partial charge < -0.3 is 0 Å². The Morgan fingerprint density at radius 3 is 1.50 bits per heavy atom. The van der Waals surface area contributed by atoms with Crippen molar-refractivity contribution in [3.8, 4) is 6.00 Å². The van der Waals surface area contributed by atoms with Gasteiger partial charge in [-0.3, -0.25) is 0 Å². The van der Waals surface area contributed by atoms with Crippen LogP contribution < -0.4 is 0 Å². The maximum Gasteiger partial charge on any atom is 0.000237 e. The molecule has 0 unspecified atom stereocenters. The first-order valence-electron chi connectivity index (χ1n) is 2.04. The predicted molar refractivity (Wildman–Crippen MR) is 30.4 cm³/mol. The fraction of sp³-hybridized carbons (Fsp3) is 0.800. The molecule has 0 aromatic heterocycles. The molecule has 0 bridgehead atoms. The molecular formula is C5H10Si. The van der Waals surface area contributed by atoms with Gasteiger partial charge in [-0.05, 0) is 8.96 Å². The Balaban J connectivity index is 3.55. The molecule has 0 nitrogen and oxygen atoms in total. The van der Waals surface area contributed by atoms with Gasteiger partial charge in [0.05, 0.1) is 0 Å². The van der Waals surface area contributed by atoms with E-state index in [1.807, 2.05) is 0 Å². The summed E-state index contributed by atoms with van der Waals surface area (Å²) in [6, 6.07) is 5.33. The number of hydrogen-bond donors (Lipinski definition) is 0. The summed E-state index contributed by atoms with van der Waals surface area (Å²) in [7, 11) is 0.567. The SMILES string of the molecule is C#[Si]C(C)(C)C. The van der Waals surface area contributed by atoms with E-state index < -0.39 is 0 Å². The van der Waals surface area contributed by atoms with Crippen molar-refractivity contribution in [1.82, 2.24) is 0 Å². The molecule has 0 fully saturated rings. The molecule has 0 saturated carbocycles. The number of hydrogen-bond acceptors (Lipinski definition) is 0. The highest BCUT2D eigenvalue weighted by molar-refractivity contribution is 6.26. The van der Waals surface area contributed by atoms with Gasteiger partial charge >= 0.3 is 0 Å². The molecule has 0 aliphatic heterocycles. The molecule has 0 aliphatic carbocycles. The normalized spacial score (nSPS) is 10.3. The molecule has 0 spiro atoms. The average molecular weight is 98.2 g/mol. The predicted octanol–water partition coefficient (Wildman–Crippen LogP) is 1.50. The van der Waals surface area contributed by atoms with Crippen molar-refractivity contribution in [3.63, 3.8) is 0 Å². The largest absolute Gasteiger partial charge is 0.157 e. The van der Waals surface area contributed by atoms with E-state index in [1.54, 1.807) is 0 Å². The lowest BCUT2D eigenvalue weighted by Crippen LogP contribution is -1.94. The zero-order valence-electron chi connectivity index (χ0n) is 4.58. The van der Waals surface area contributed by atoms with Crippen molar-refractivity contribution in [2.45, 2.75) is 25.8 Å². The lowest BCUT2D eigenvalue weighted by Gasteiger charge is -2.04. The van der Waals surface area contributed by atoms with Crippen LogP contribution in [0.4, 0.5) is 0 Å². The lowest BCUT2D eigenvalue weighted by atomic mass is 10.3. The van der Waals surface area contributed by atoms with Crippen LogP contribution in [-0.4, -0.2) is 8.96 Å². The van der Waals surface area contributed by atoms with E-state index in [9.17, 15) is 0 Å². The molecule has 6 heavy (non-hydrogen) atoms. The number of rotatable bonds is 0. The highest BCUT2D eigenvalue weighted by Crippen LogP contribution is 2.14. The van der Waals surface area contributed by atoms with Crippen LogP contribution in [0.3, 0.4) is 0 Å². The van der Waals surface area contributed by atoms with Gasteiger partial charge in [0.15, 0.2) is 0 Å². The lowest BCUT2D eigenvalue weighted by molar-refractivity contribution is 0.765. The molecular weight excluding hydrogens is 88.1 g/mol. The van der Waals surface area contributed by atoms with Crippen LogP contribution in [0, 0.1) is 6.00 Å². The molecule has 0 heterocycles. The topological polar surface area (TPSA) is 0 Å². The summed E-state index contributed by atoms with van der Waals surface area (Å²) >= 11 is 0. The molecule has 0 radical (unpaired) electrons. The highest BCUT2D eigenvalue weighted by atomic mass is 28.2. The van der Waals surface area contributed by atoms with Crippen LogP contribution in [0.5, 0.6) is 0 Å². The van der Waals surface area contributed by atoms with Crippen LogP contribution in [0.1, 0.15) is 20.8 Å². The van der Waals surface area contributed by atoms with Gasteiger partial charge in [0, 0.05) is 5.04 Å². The Bertz CT molecular complexity index is 70.9. The first-order valence-corrected chi connectivity index (χ1v) is 3.12. The van der Waals surface area contributed by atoms with E-state index in [-0.39, 0.29) is 0 Å². The minimum absolute atomic E-state index is 0.347. The van der Waals surface area contributed by atoms with Gasteiger partial charge in [-0.2, -0.15) is 6.00 Å². The molecule has 0 N–H and O–H groups in total. The van der Waals surface area contributed by atoms with E-state index in [0.717, 1.165) is 0 Å². The summed E-state index contributed by atoms with van der Waals surface area (Å²) in [5.41, 5.74) is 0. The van der Waals surface area contributed by atoms with E-state index in [1.165, 1.54) is 0 Å². The first-order chi connectivity index (χ1) is 2.56. The molecule has 0 aliphatic rings. The van der Waals surface area contributed by atoms with Crippen LogP contribution in [0.25, 0.3) is 0 Å². The van der Waals surface area contributed by atoms with E-state index in [4.69, 9.17) is 6.00 Å². The third-order valence-corrected chi connectivity index (χ3v) is 1.30. The quantitative estimate of drug-likeness (QED) is 0.403. The summed E-state index contributed by atoms with van der Waals surface area (Å²) in [4.78, 5) is 0. The molecule has 1 heteroatoms. The Morgan fingerprint density at radius 2 is 1.50 bits per heavy atom. The monoisotopic (exact) mass is 98.1 g/mol. The van der Waals surface area contributed by atoms with E-state index >= 15 is 0 Å². The summed E-state index contributed by atoms with van der Waals surface area (Å²) in [5, 5.41) is 0.347. The Morgan fingerprint density at radius 1 is 1.33 bits per heavy atom. The minimum atomic E-state index is 0.347. The van der Waals surface area contributed by atoms with Crippen molar-refractivity contribution in [1.29, 1.82) is 0 Å². The molecule has 0 saturated heterocycles. The van der Waals surface area contributed by atoms with Gasteiger partial charge in [-0.25, -0.2) is 0 Å². The molecule has 0 aromatic rings. The van der Waals surface area contributed by atoms with Crippen LogP contribution in [0.15, 0.2) is 0 Å². The second-order valence-corrected chi connectivity index (χ2v) is 4.18. The van der Waals surface area contributed by atoms with Crippen molar-refractivity contribution in [2.24, 2.45) is 0 Å². The fourth-order valence-corrected chi connectivity index (χ4v) is 0. The van der Waals surface area contributed by atoms with Crippen LogP contribution in [-0.2, 0) is 0 Å². The Labute approximate surface area is 41.7 Å². The standard InChI is InChI=1S/C5H10Si/c1-5(2,3)6-4/h4H,1-3H3. The zero-order chi connectivity index (χ0) is 5.21. The second-order valence-electron chi connectivity index (χ2n) is 2.39. The first kappa shape index (κ1) is 6.00. The Hall–Kier alpha value is -0.00312. The van der Waals surface area contributed by atoms with Gasteiger partial charge in [-0.1, -0.05) is 20.8 Å². The van der Waals surface area contributed by atoms with Gasteiger partial charge in [0.1, 0.15) is 0 Å².